The Bertz CT molecular complexity index is 1210. The van der Waals surface area contributed by atoms with Gasteiger partial charge in [-0.3, -0.25) is 4.31 Å². The van der Waals surface area contributed by atoms with E-state index in [0.29, 0.717) is 23.1 Å². The van der Waals surface area contributed by atoms with Crippen molar-refractivity contribution in [3.05, 3.63) is 78.4 Å². The molecule has 0 unspecified atom stereocenters. The maximum Gasteiger partial charge on any atom is 0.283 e. The van der Waals surface area contributed by atoms with E-state index in [4.69, 9.17) is 13.6 Å². The molecule has 0 radical (unpaired) electrons. The van der Waals surface area contributed by atoms with Gasteiger partial charge in [0, 0.05) is 7.05 Å². The van der Waals surface area contributed by atoms with Crippen LogP contribution >= 0.6 is 0 Å². The molecule has 0 aliphatic carbocycles. The van der Waals surface area contributed by atoms with Crippen LogP contribution in [0.4, 0.5) is 5.69 Å². The summed E-state index contributed by atoms with van der Waals surface area (Å²) in [6.07, 6.45) is 1.52. The van der Waals surface area contributed by atoms with Crippen LogP contribution < -0.4 is 9.04 Å². The van der Waals surface area contributed by atoms with E-state index in [1.54, 1.807) is 60.7 Å². The molecule has 2 aromatic heterocycles. The zero-order valence-electron chi connectivity index (χ0n) is 16.3. The zero-order valence-corrected chi connectivity index (χ0v) is 17.2. The molecule has 0 fully saturated rings. The van der Waals surface area contributed by atoms with Crippen LogP contribution in [0.15, 0.2) is 80.7 Å². The number of hydrogen-bond donors (Lipinski definition) is 0. The molecule has 9 heteroatoms. The smallest absolute Gasteiger partial charge is 0.283 e. The predicted octanol–water partition coefficient (Wildman–Crippen LogP) is 4.04. The van der Waals surface area contributed by atoms with Crippen LogP contribution in [0.2, 0.25) is 0 Å². The summed E-state index contributed by atoms with van der Waals surface area (Å²) in [6, 6.07) is 16.9. The number of nitrogens with zero attached hydrogens (tertiary/aromatic N) is 3. The van der Waals surface area contributed by atoms with E-state index >= 15 is 0 Å². The minimum atomic E-state index is -3.65. The van der Waals surface area contributed by atoms with Gasteiger partial charge in [0.05, 0.1) is 16.8 Å². The van der Waals surface area contributed by atoms with Gasteiger partial charge >= 0.3 is 0 Å². The highest BCUT2D eigenvalue weighted by atomic mass is 32.2. The molecule has 0 aliphatic rings. The van der Waals surface area contributed by atoms with Gasteiger partial charge in [0.15, 0.2) is 12.4 Å². The average molecular weight is 425 g/mol. The van der Waals surface area contributed by atoms with Gasteiger partial charge in [0.1, 0.15) is 5.75 Å². The molecule has 0 spiro atoms. The lowest BCUT2D eigenvalue weighted by Crippen LogP contribution is -2.26. The van der Waals surface area contributed by atoms with E-state index in [-0.39, 0.29) is 17.4 Å². The third-order valence-corrected chi connectivity index (χ3v) is 6.24. The molecule has 2 aromatic carbocycles. The first-order valence-corrected chi connectivity index (χ1v) is 10.5. The van der Waals surface area contributed by atoms with Gasteiger partial charge in [-0.15, -0.1) is 10.2 Å². The minimum absolute atomic E-state index is 0.0740. The minimum Gasteiger partial charge on any atom is -0.484 e. The van der Waals surface area contributed by atoms with Gasteiger partial charge in [-0.2, -0.15) is 0 Å². The number of sulfonamides is 1. The highest BCUT2D eigenvalue weighted by Crippen LogP contribution is 2.25. The van der Waals surface area contributed by atoms with Crippen LogP contribution in [-0.4, -0.2) is 25.7 Å². The van der Waals surface area contributed by atoms with Crippen molar-refractivity contribution >= 4 is 15.7 Å². The van der Waals surface area contributed by atoms with Crippen LogP contribution in [0, 0.1) is 6.92 Å². The molecule has 0 N–H and O–H groups in total. The molecule has 0 saturated carbocycles. The average Bonchev–Trinajstić information content (AvgIpc) is 3.44. The van der Waals surface area contributed by atoms with Crippen molar-refractivity contribution in [2.75, 3.05) is 11.4 Å². The molecule has 0 atom stereocenters. The van der Waals surface area contributed by atoms with Crippen LogP contribution in [0.3, 0.4) is 0 Å². The standard InChI is InChI=1S/C21H19N3O5S/c1-15-5-11-18(12-6-15)30(25,26)24(2)16-7-9-17(10-8-16)28-14-20-22-23-21(29-20)19-4-3-13-27-19/h3-13H,14H2,1-2H3. The normalized spacial score (nSPS) is 11.4. The maximum absolute atomic E-state index is 12.8. The summed E-state index contributed by atoms with van der Waals surface area (Å²) in [4.78, 5) is 0.236. The number of rotatable bonds is 7. The van der Waals surface area contributed by atoms with Crippen LogP contribution in [0.25, 0.3) is 11.7 Å². The Morgan fingerprint density at radius 2 is 1.73 bits per heavy atom. The molecule has 4 rings (SSSR count). The van der Waals surface area contributed by atoms with Crippen molar-refractivity contribution < 1.29 is 22.0 Å². The lowest BCUT2D eigenvalue weighted by molar-refractivity contribution is 0.264. The Balaban J connectivity index is 1.42. The van der Waals surface area contributed by atoms with Gasteiger partial charge in [0.25, 0.3) is 21.8 Å². The SMILES string of the molecule is Cc1ccc(S(=O)(=O)N(C)c2ccc(OCc3nnc(-c4ccco4)o3)cc2)cc1. The molecular weight excluding hydrogens is 406 g/mol. The van der Waals surface area contributed by atoms with Crippen molar-refractivity contribution in [3.63, 3.8) is 0 Å². The summed E-state index contributed by atoms with van der Waals surface area (Å²) in [5, 5.41) is 7.82. The van der Waals surface area contributed by atoms with E-state index in [2.05, 4.69) is 10.2 Å². The Hall–Kier alpha value is -3.59. The second-order valence-electron chi connectivity index (χ2n) is 6.55. The van der Waals surface area contributed by atoms with E-state index < -0.39 is 10.0 Å². The molecule has 0 saturated heterocycles. The van der Waals surface area contributed by atoms with E-state index in [0.717, 1.165) is 5.56 Å². The Kier molecular flexibility index (Phi) is 5.28. The maximum atomic E-state index is 12.8. The highest BCUT2D eigenvalue weighted by molar-refractivity contribution is 7.92. The lowest BCUT2D eigenvalue weighted by atomic mass is 10.2. The molecule has 4 aromatic rings. The predicted molar refractivity (Wildman–Crippen MR) is 110 cm³/mol. The molecule has 30 heavy (non-hydrogen) atoms. The molecule has 0 amide bonds. The Morgan fingerprint density at radius 1 is 1.00 bits per heavy atom. The number of anilines is 1. The van der Waals surface area contributed by atoms with Crippen LogP contribution in [0.1, 0.15) is 11.5 Å². The fourth-order valence-corrected chi connectivity index (χ4v) is 3.91. The number of furan rings is 1. The largest absolute Gasteiger partial charge is 0.484 e. The van der Waals surface area contributed by atoms with Crippen molar-refractivity contribution in [1.82, 2.24) is 10.2 Å². The second kappa shape index (κ2) is 8.03. The van der Waals surface area contributed by atoms with Crippen molar-refractivity contribution in [3.8, 4) is 17.4 Å². The quantitative estimate of drug-likeness (QED) is 0.441. The second-order valence-corrected chi connectivity index (χ2v) is 8.52. The van der Waals surface area contributed by atoms with E-state index in [1.807, 2.05) is 6.92 Å². The van der Waals surface area contributed by atoms with Crippen LogP contribution in [-0.2, 0) is 16.6 Å². The summed E-state index contributed by atoms with van der Waals surface area (Å²) in [5.41, 5.74) is 1.51. The Labute approximate surface area is 173 Å². The summed E-state index contributed by atoms with van der Waals surface area (Å²) in [5.74, 6) is 1.59. The number of aryl methyl sites for hydroxylation is 1. The van der Waals surface area contributed by atoms with Gasteiger partial charge in [-0.05, 0) is 55.5 Å². The molecule has 154 valence electrons. The first-order valence-electron chi connectivity index (χ1n) is 9.08. The fourth-order valence-electron chi connectivity index (χ4n) is 2.72. The molecule has 8 nitrogen and oxygen atoms in total. The first kappa shape index (κ1) is 19.7. The summed E-state index contributed by atoms with van der Waals surface area (Å²) < 4.78 is 43.2. The van der Waals surface area contributed by atoms with Crippen molar-refractivity contribution in [2.24, 2.45) is 0 Å². The number of hydrogen-bond acceptors (Lipinski definition) is 7. The van der Waals surface area contributed by atoms with E-state index in [9.17, 15) is 8.42 Å². The van der Waals surface area contributed by atoms with Gasteiger partial charge in [-0.1, -0.05) is 17.7 Å². The van der Waals surface area contributed by atoms with Gasteiger partial charge in [-0.25, -0.2) is 8.42 Å². The summed E-state index contributed by atoms with van der Waals surface area (Å²) in [6.45, 7) is 1.98. The van der Waals surface area contributed by atoms with Gasteiger partial charge in [0.2, 0.25) is 0 Å². The fraction of sp³-hybridized carbons (Fsp3) is 0.143. The number of ether oxygens (including phenoxy) is 1. The van der Waals surface area contributed by atoms with Crippen LogP contribution in [0.5, 0.6) is 5.75 Å². The number of benzene rings is 2. The topological polar surface area (TPSA) is 98.7 Å². The molecule has 0 aliphatic heterocycles. The monoisotopic (exact) mass is 425 g/mol. The highest BCUT2D eigenvalue weighted by Gasteiger charge is 2.21. The molecule has 2 heterocycles. The van der Waals surface area contributed by atoms with Crippen molar-refractivity contribution in [1.29, 1.82) is 0 Å². The van der Waals surface area contributed by atoms with Gasteiger partial charge < -0.3 is 13.6 Å². The summed E-state index contributed by atoms with van der Waals surface area (Å²) >= 11 is 0. The number of aromatic nitrogens is 2. The third kappa shape index (κ3) is 4.06. The van der Waals surface area contributed by atoms with E-state index in [1.165, 1.54) is 17.6 Å². The Morgan fingerprint density at radius 3 is 2.40 bits per heavy atom. The first-order chi connectivity index (χ1) is 14.4. The molecule has 0 bridgehead atoms. The lowest BCUT2D eigenvalue weighted by Gasteiger charge is -2.20. The summed E-state index contributed by atoms with van der Waals surface area (Å²) in [7, 11) is -2.13. The third-order valence-electron chi connectivity index (χ3n) is 4.44. The van der Waals surface area contributed by atoms with Crippen molar-refractivity contribution in [2.45, 2.75) is 18.4 Å². The zero-order chi connectivity index (χ0) is 21.1. The molecular formula is C21H19N3O5S.